The average molecular weight is 496 g/mol. The molecule has 2 heterocycles. The van der Waals surface area contributed by atoms with Gasteiger partial charge in [0.1, 0.15) is 11.3 Å². The van der Waals surface area contributed by atoms with E-state index in [1.54, 1.807) is 6.20 Å². The summed E-state index contributed by atoms with van der Waals surface area (Å²) in [5.41, 5.74) is 6.92. The number of primary amides is 1. The Morgan fingerprint density at radius 1 is 1.27 bits per heavy atom. The van der Waals surface area contributed by atoms with Gasteiger partial charge in [0, 0.05) is 18.0 Å². The third-order valence-corrected chi connectivity index (χ3v) is 6.39. The molecule has 12 heteroatoms. The highest BCUT2D eigenvalue weighted by molar-refractivity contribution is 6.39. The van der Waals surface area contributed by atoms with E-state index in [1.165, 1.54) is 12.1 Å². The molecule has 1 aliphatic rings. The first-order valence-electron chi connectivity index (χ1n) is 10.6. The molecule has 1 aliphatic carbocycles. The van der Waals surface area contributed by atoms with Crippen LogP contribution in [0.4, 0.5) is 22.0 Å². The number of carbonyl (C=O) groups excluding carboxylic acids is 1. The number of halogens is 3. The summed E-state index contributed by atoms with van der Waals surface area (Å²) in [4.78, 5) is 25.2. The third kappa shape index (κ3) is 4.97. The summed E-state index contributed by atoms with van der Waals surface area (Å²) in [6.45, 7) is 1.73. The zero-order valence-electron chi connectivity index (χ0n) is 17.9. The van der Waals surface area contributed by atoms with Gasteiger partial charge in [-0.1, -0.05) is 23.2 Å². The van der Waals surface area contributed by atoms with E-state index >= 15 is 0 Å². The van der Waals surface area contributed by atoms with E-state index in [0.717, 1.165) is 0 Å². The maximum Gasteiger partial charge on any atom is 0.225 e. The number of benzene rings is 1. The van der Waals surface area contributed by atoms with Gasteiger partial charge in [0.15, 0.2) is 5.65 Å². The molecular weight excluding hydrogens is 472 g/mol. The molecule has 9 nitrogen and oxygen atoms in total. The van der Waals surface area contributed by atoms with Crippen LogP contribution in [0.5, 0.6) is 0 Å². The Balaban J connectivity index is 1.77. The Morgan fingerprint density at radius 3 is 2.55 bits per heavy atom. The highest BCUT2D eigenvalue weighted by Crippen LogP contribution is 2.39. The van der Waals surface area contributed by atoms with Gasteiger partial charge in [-0.25, -0.2) is 14.4 Å². The maximum atomic E-state index is 13.7. The van der Waals surface area contributed by atoms with Crippen LogP contribution in [0.1, 0.15) is 38.6 Å². The number of carbonyl (C=O) groups is 1. The number of nitrogens with zero attached hydrogens (tertiary/aromatic N) is 4. The summed E-state index contributed by atoms with van der Waals surface area (Å²) in [6.07, 6.45) is 4.26. The highest BCUT2D eigenvalue weighted by atomic mass is 35.5. The van der Waals surface area contributed by atoms with Crippen molar-refractivity contribution in [2.24, 2.45) is 11.7 Å². The molecule has 1 fully saturated rings. The molecule has 0 spiro atoms. The lowest BCUT2D eigenvalue weighted by Crippen LogP contribution is -2.29. The fourth-order valence-electron chi connectivity index (χ4n) is 4.05. The number of aromatic nitrogens is 4. The van der Waals surface area contributed by atoms with E-state index in [1.807, 2.05) is 11.5 Å². The first kappa shape index (κ1) is 23.5. The van der Waals surface area contributed by atoms with Crippen molar-refractivity contribution >= 4 is 57.9 Å². The number of aliphatic hydroxyl groups is 1. The smallest absolute Gasteiger partial charge is 0.225 e. The standard InChI is InChI=1S/C21H24Cl2FN7O2/c1-10(9-32)27-20-26-8-16-19(30-20)31(13-4-2-11(3-5-13)18(25)33)21(28-16)29-17-14(22)6-12(24)7-15(17)23/h6-8,10-11,13,32H,2-5,9H2,1H3,(H2,25,33)(H,28,29)(H,26,27,30)/t10-,11?,13?/m0/s1. The van der Waals surface area contributed by atoms with Crippen molar-refractivity contribution in [2.45, 2.75) is 44.7 Å². The second kappa shape index (κ2) is 9.66. The lowest BCUT2D eigenvalue weighted by atomic mass is 9.85. The summed E-state index contributed by atoms with van der Waals surface area (Å²) in [7, 11) is 0. The molecule has 1 amide bonds. The zero-order chi connectivity index (χ0) is 23.7. The van der Waals surface area contributed by atoms with Gasteiger partial charge in [0.25, 0.3) is 0 Å². The average Bonchev–Trinajstić information content (AvgIpc) is 3.13. The van der Waals surface area contributed by atoms with E-state index in [4.69, 9.17) is 28.9 Å². The molecule has 5 N–H and O–H groups in total. The molecule has 0 bridgehead atoms. The Labute approximate surface area is 199 Å². The Bertz CT molecular complexity index is 1160. The maximum absolute atomic E-state index is 13.7. The van der Waals surface area contributed by atoms with Crippen LogP contribution in [0, 0.1) is 11.7 Å². The van der Waals surface area contributed by atoms with Crippen LogP contribution >= 0.6 is 23.2 Å². The predicted octanol–water partition coefficient (Wildman–Crippen LogP) is 4.03. The first-order chi connectivity index (χ1) is 15.8. The molecule has 3 aromatic rings. The van der Waals surface area contributed by atoms with Crippen LogP contribution in [0.2, 0.25) is 10.0 Å². The molecule has 176 valence electrons. The van der Waals surface area contributed by atoms with Gasteiger partial charge in [-0.2, -0.15) is 4.98 Å². The number of hydrogen-bond donors (Lipinski definition) is 4. The Morgan fingerprint density at radius 2 is 1.94 bits per heavy atom. The number of amides is 1. The molecule has 0 aliphatic heterocycles. The lowest BCUT2D eigenvalue weighted by molar-refractivity contribution is -0.122. The monoisotopic (exact) mass is 495 g/mol. The Hall–Kier alpha value is -2.69. The van der Waals surface area contributed by atoms with Crippen LogP contribution in [0.25, 0.3) is 11.2 Å². The quantitative estimate of drug-likeness (QED) is 0.389. The van der Waals surface area contributed by atoms with Gasteiger partial charge in [-0.15, -0.1) is 0 Å². The Kier molecular flexibility index (Phi) is 6.87. The van der Waals surface area contributed by atoms with E-state index in [-0.39, 0.29) is 40.6 Å². The number of rotatable bonds is 7. The summed E-state index contributed by atoms with van der Waals surface area (Å²) in [5, 5.41) is 15.7. The normalized spacial score (nSPS) is 19.4. The van der Waals surface area contributed by atoms with Crippen molar-refractivity contribution in [1.29, 1.82) is 0 Å². The predicted molar refractivity (Wildman–Crippen MR) is 125 cm³/mol. The molecule has 1 atom stereocenters. The van der Waals surface area contributed by atoms with Gasteiger partial charge >= 0.3 is 0 Å². The van der Waals surface area contributed by atoms with E-state index in [2.05, 4.69) is 25.6 Å². The van der Waals surface area contributed by atoms with Gasteiger partial charge in [-0.05, 0) is 44.7 Å². The van der Waals surface area contributed by atoms with Crippen LogP contribution < -0.4 is 16.4 Å². The second-order valence-electron chi connectivity index (χ2n) is 8.21. The van der Waals surface area contributed by atoms with E-state index in [0.29, 0.717) is 54.4 Å². The number of nitrogens with two attached hydrogens (primary N) is 1. The minimum atomic E-state index is -0.548. The van der Waals surface area contributed by atoms with Crippen molar-refractivity contribution in [3.05, 3.63) is 34.2 Å². The van der Waals surface area contributed by atoms with Crippen molar-refractivity contribution in [2.75, 3.05) is 17.2 Å². The van der Waals surface area contributed by atoms with Crippen LogP contribution in [-0.4, -0.2) is 43.2 Å². The number of nitrogens with one attached hydrogen (secondary N) is 2. The van der Waals surface area contributed by atoms with Gasteiger partial charge < -0.3 is 21.5 Å². The van der Waals surface area contributed by atoms with E-state index in [9.17, 15) is 14.3 Å². The van der Waals surface area contributed by atoms with Crippen molar-refractivity contribution in [3.63, 3.8) is 0 Å². The zero-order valence-corrected chi connectivity index (χ0v) is 19.4. The molecule has 0 radical (unpaired) electrons. The number of anilines is 3. The number of imidazole rings is 1. The summed E-state index contributed by atoms with van der Waals surface area (Å²) >= 11 is 12.5. The molecule has 1 saturated carbocycles. The van der Waals surface area contributed by atoms with Gasteiger partial charge in [-0.3, -0.25) is 9.36 Å². The molecule has 1 aromatic carbocycles. The number of fused-ring (bicyclic) bond motifs is 1. The molecular formula is C21H24Cl2FN7O2. The minimum absolute atomic E-state index is 0.0240. The fraction of sp³-hybridized carbons (Fsp3) is 0.429. The van der Waals surface area contributed by atoms with Crippen molar-refractivity contribution in [3.8, 4) is 0 Å². The number of hydrogen-bond acceptors (Lipinski definition) is 7. The third-order valence-electron chi connectivity index (χ3n) is 5.79. The second-order valence-corrected chi connectivity index (χ2v) is 9.03. The first-order valence-corrected chi connectivity index (χ1v) is 11.4. The molecule has 33 heavy (non-hydrogen) atoms. The molecule has 0 unspecified atom stereocenters. The largest absolute Gasteiger partial charge is 0.394 e. The van der Waals surface area contributed by atoms with Crippen molar-refractivity contribution in [1.82, 2.24) is 19.5 Å². The van der Waals surface area contributed by atoms with Crippen LogP contribution in [0.15, 0.2) is 18.3 Å². The SMILES string of the molecule is C[C@@H](CO)Nc1ncc2nc(Nc3c(Cl)cc(F)cc3Cl)n(C3CCC(C(N)=O)CC3)c2n1. The number of aliphatic hydroxyl groups excluding tert-OH is 1. The summed E-state index contributed by atoms with van der Waals surface area (Å²) in [5.74, 6) is -0.233. The molecule has 4 rings (SSSR count). The molecule has 2 aromatic heterocycles. The van der Waals surface area contributed by atoms with Crippen LogP contribution in [-0.2, 0) is 4.79 Å². The topological polar surface area (TPSA) is 131 Å². The van der Waals surface area contributed by atoms with E-state index < -0.39 is 5.82 Å². The van der Waals surface area contributed by atoms with Gasteiger partial charge in [0.05, 0.1) is 28.5 Å². The summed E-state index contributed by atoms with van der Waals surface area (Å²) < 4.78 is 15.6. The van der Waals surface area contributed by atoms with Crippen LogP contribution in [0.3, 0.4) is 0 Å². The van der Waals surface area contributed by atoms with Crippen molar-refractivity contribution < 1.29 is 14.3 Å². The fourth-order valence-corrected chi connectivity index (χ4v) is 4.61. The van der Waals surface area contributed by atoms with Gasteiger partial charge in [0.2, 0.25) is 17.8 Å². The minimum Gasteiger partial charge on any atom is -0.394 e. The summed E-state index contributed by atoms with van der Waals surface area (Å²) in [6, 6.07) is 2.07. The molecule has 0 saturated heterocycles. The lowest BCUT2D eigenvalue weighted by Gasteiger charge is -2.29. The highest BCUT2D eigenvalue weighted by Gasteiger charge is 2.29.